The number of halogens is 1. The van der Waals surface area contributed by atoms with Crippen LogP contribution in [0.3, 0.4) is 0 Å². The SMILES string of the molecule is CCc1cccc(NC(N)=NCc2cccc3c2OCCCO3)c1.I. The van der Waals surface area contributed by atoms with Crippen LogP contribution in [-0.2, 0) is 13.0 Å². The number of hydrogen-bond acceptors (Lipinski definition) is 3. The molecule has 0 fully saturated rings. The van der Waals surface area contributed by atoms with Crippen LogP contribution in [0.5, 0.6) is 11.5 Å². The van der Waals surface area contributed by atoms with Gasteiger partial charge in [-0.05, 0) is 30.2 Å². The number of aryl methyl sites for hydroxylation is 1. The van der Waals surface area contributed by atoms with E-state index in [9.17, 15) is 0 Å². The Kier molecular flexibility index (Phi) is 7.36. The lowest BCUT2D eigenvalue weighted by atomic mass is 10.1. The second kappa shape index (κ2) is 9.50. The standard InChI is InChI=1S/C19H23N3O2.HI/c1-2-14-6-3-8-16(12-14)22-19(20)21-13-15-7-4-9-17-18(15)24-11-5-10-23-17;/h3-4,6-9,12H,2,5,10-11,13H2,1H3,(H3,20,21,22);1H. The number of benzene rings is 2. The minimum atomic E-state index is 0. The van der Waals surface area contributed by atoms with E-state index in [1.165, 1.54) is 5.56 Å². The zero-order valence-corrected chi connectivity index (χ0v) is 16.7. The molecule has 1 heterocycles. The van der Waals surface area contributed by atoms with Crippen molar-refractivity contribution < 1.29 is 9.47 Å². The quantitative estimate of drug-likeness (QED) is 0.418. The Morgan fingerprint density at radius 3 is 2.80 bits per heavy atom. The van der Waals surface area contributed by atoms with E-state index < -0.39 is 0 Å². The van der Waals surface area contributed by atoms with Crippen molar-refractivity contribution in [3.05, 3.63) is 53.6 Å². The van der Waals surface area contributed by atoms with Crippen molar-refractivity contribution >= 4 is 35.6 Å². The molecule has 0 radical (unpaired) electrons. The summed E-state index contributed by atoms with van der Waals surface area (Å²) in [6, 6.07) is 14.0. The van der Waals surface area contributed by atoms with Crippen LogP contribution in [0, 0.1) is 0 Å². The van der Waals surface area contributed by atoms with Crippen molar-refractivity contribution in [1.82, 2.24) is 0 Å². The molecule has 0 atom stereocenters. The van der Waals surface area contributed by atoms with E-state index >= 15 is 0 Å². The molecule has 0 saturated heterocycles. The highest BCUT2D eigenvalue weighted by Crippen LogP contribution is 2.33. The van der Waals surface area contributed by atoms with Gasteiger partial charge in [-0.15, -0.1) is 24.0 Å². The van der Waals surface area contributed by atoms with Crippen molar-refractivity contribution in [3.63, 3.8) is 0 Å². The van der Waals surface area contributed by atoms with Crippen molar-refractivity contribution in [1.29, 1.82) is 0 Å². The minimum Gasteiger partial charge on any atom is -0.490 e. The van der Waals surface area contributed by atoms with Crippen LogP contribution in [0.4, 0.5) is 5.69 Å². The Balaban J connectivity index is 0.00000225. The average Bonchev–Trinajstić information content (AvgIpc) is 2.86. The number of rotatable bonds is 4. The van der Waals surface area contributed by atoms with Gasteiger partial charge in [0.1, 0.15) is 0 Å². The maximum absolute atomic E-state index is 6.02. The number of ether oxygens (including phenoxy) is 2. The van der Waals surface area contributed by atoms with Crippen molar-refractivity contribution in [2.24, 2.45) is 10.7 Å². The molecule has 0 saturated carbocycles. The molecule has 6 heteroatoms. The van der Waals surface area contributed by atoms with E-state index in [0.29, 0.717) is 25.7 Å². The lowest BCUT2D eigenvalue weighted by Gasteiger charge is -2.11. The van der Waals surface area contributed by atoms with E-state index in [-0.39, 0.29) is 24.0 Å². The van der Waals surface area contributed by atoms with Crippen LogP contribution in [-0.4, -0.2) is 19.2 Å². The highest BCUT2D eigenvalue weighted by atomic mass is 127. The summed E-state index contributed by atoms with van der Waals surface area (Å²) >= 11 is 0. The third-order valence-electron chi connectivity index (χ3n) is 3.88. The molecule has 3 rings (SSSR count). The van der Waals surface area contributed by atoms with Gasteiger partial charge in [-0.2, -0.15) is 0 Å². The van der Waals surface area contributed by atoms with Crippen LogP contribution < -0.4 is 20.5 Å². The molecule has 5 nitrogen and oxygen atoms in total. The summed E-state index contributed by atoms with van der Waals surface area (Å²) < 4.78 is 11.5. The Labute approximate surface area is 165 Å². The number of anilines is 1. The van der Waals surface area contributed by atoms with Gasteiger partial charge in [0.25, 0.3) is 0 Å². The molecule has 3 N–H and O–H groups in total. The van der Waals surface area contributed by atoms with Gasteiger partial charge in [-0.25, -0.2) is 4.99 Å². The van der Waals surface area contributed by atoms with Crippen molar-refractivity contribution in [3.8, 4) is 11.5 Å². The number of hydrogen-bond donors (Lipinski definition) is 2. The Hall–Kier alpha value is -1.96. The monoisotopic (exact) mass is 453 g/mol. The van der Waals surface area contributed by atoms with Crippen LogP contribution in [0.25, 0.3) is 0 Å². The number of para-hydroxylation sites is 1. The van der Waals surface area contributed by atoms with E-state index in [4.69, 9.17) is 15.2 Å². The van der Waals surface area contributed by atoms with Gasteiger partial charge >= 0.3 is 0 Å². The Morgan fingerprint density at radius 1 is 1.16 bits per heavy atom. The lowest BCUT2D eigenvalue weighted by molar-refractivity contribution is 0.296. The van der Waals surface area contributed by atoms with Gasteiger partial charge in [-0.1, -0.05) is 31.2 Å². The van der Waals surface area contributed by atoms with E-state index in [0.717, 1.165) is 35.6 Å². The van der Waals surface area contributed by atoms with Gasteiger partial charge in [0, 0.05) is 17.7 Å². The van der Waals surface area contributed by atoms with Crippen LogP contribution >= 0.6 is 24.0 Å². The number of nitrogens with two attached hydrogens (primary N) is 1. The van der Waals surface area contributed by atoms with Gasteiger partial charge in [0.2, 0.25) is 0 Å². The summed E-state index contributed by atoms with van der Waals surface area (Å²) in [4.78, 5) is 4.43. The molecule has 134 valence electrons. The number of nitrogens with one attached hydrogen (secondary N) is 1. The summed E-state index contributed by atoms with van der Waals surface area (Å²) in [5.41, 5.74) is 9.20. The maximum Gasteiger partial charge on any atom is 0.193 e. The summed E-state index contributed by atoms with van der Waals surface area (Å²) in [5, 5.41) is 3.13. The third-order valence-corrected chi connectivity index (χ3v) is 3.88. The summed E-state index contributed by atoms with van der Waals surface area (Å²) in [6.07, 6.45) is 1.87. The molecule has 0 unspecified atom stereocenters. The second-order valence-electron chi connectivity index (χ2n) is 5.68. The van der Waals surface area contributed by atoms with Crippen molar-refractivity contribution in [2.75, 3.05) is 18.5 Å². The molecule has 1 aliphatic heterocycles. The molecule has 0 aliphatic carbocycles. The van der Waals surface area contributed by atoms with E-state index in [2.05, 4.69) is 29.4 Å². The second-order valence-corrected chi connectivity index (χ2v) is 5.68. The van der Waals surface area contributed by atoms with E-state index in [1.54, 1.807) is 0 Å². The maximum atomic E-state index is 6.02. The van der Waals surface area contributed by atoms with Crippen LogP contribution in [0.2, 0.25) is 0 Å². The van der Waals surface area contributed by atoms with E-state index in [1.807, 2.05) is 30.3 Å². The first-order valence-corrected chi connectivity index (χ1v) is 8.29. The lowest BCUT2D eigenvalue weighted by Crippen LogP contribution is -2.22. The molecular formula is C19H24IN3O2. The summed E-state index contributed by atoms with van der Waals surface area (Å²) in [5.74, 6) is 1.94. The number of guanidine groups is 1. The van der Waals surface area contributed by atoms with Crippen LogP contribution in [0.15, 0.2) is 47.5 Å². The Bertz CT molecular complexity index is 734. The first-order valence-electron chi connectivity index (χ1n) is 8.29. The largest absolute Gasteiger partial charge is 0.490 e. The number of aliphatic imine (C=N–C) groups is 1. The average molecular weight is 453 g/mol. The van der Waals surface area contributed by atoms with Crippen LogP contribution in [0.1, 0.15) is 24.5 Å². The van der Waals surface area contributed by atoms with Gasteiger partial charge in [0.15, 0.2) is 17.5 Å². The molecule has 0 bridgehead atoms. The summed E-state index contributed by atoms with van der Waals surface area (Å²) in [7, 11) is 0. The van der Waals surface area contributed by atoms with Gasteiger partial charge in [-0.3, -0.25) is 0 Å². The first-order chi connectivity index (χ1) is 11.8. The third kappa shape index (κ3) is 5.26. The number of nitrogens with zero attached hydrogens (tertiary/aromatic N) is 1. The molecule has 25 heavy (non-hydrogen) atoms. The van der Waals surface area contributed by atoms with Crippen molar-refractivity contribution in [2.45, 2.75) is 26.3 Å². The smallest absolute Gasteiger partial charge is 0.193 e. The predicted molar refractivity (Wildman–Crippen MR) is 112 cm³/mol. The highest BCUT2D eigenvalue weighted by Gasteiger charge is 2.14. The predicted octanol–water partition coefficient (Wildman–Crippen LogP) is 3.96. The highest BCUT2D eigenvalue weighted by molar-refractivity contribution is 14.0. The molecule has 2 aromatic rings. The number of fused-ring (bicyclic) bond motifs is 1. The normalized spacial score (nSPS) is 13.6. The molecular weight excluding hydrogens is 429 g/mol. The fourth-order valence-electron chi connectivity index (χ4n) is 2.61. The molecule has 1 aliphatic rings. The minimum absolute atomic E-state index is 0. The fraction of sp³-hybridized carbons (Fsp3) is 0.316. The molecule has 2 aromatic carbocycles. The summed E-state index contributed by atoms with van der Waals surface area (Å²) in [6.45, 7) is 3.90. The Morgan fingerprint density at radius 2 is 1.96 bits per heavy atom. The topological polar surface area (TPSA) is 68.9 Å². The fourth-order valence-corrected chi connectivity index (χ4v) is 2.61. The zero-order valence-electron chi connectivity index (χ0n) is 14.3. The van der Waals surface area contributed by atoms with Gasteiger partial charge < -0.3 is 20.5 Å². The zero-order chi connectivity index (χ0) is 16.8. The van der Waals surface area contributed by atoms with Gasteiger partial charge in [0.05, 0.1) is 19.8 Å². The molecule has 0 aromatic heterocycles. The molecule has 0 amide bonds. The first kappa shape index (κ1) is 19.4. The molecule has 0 spiro atoms.